The van der Waals surface area contributed by atoms with E-state index in [0.717, 1.165) is 20.8 Å². The Balaban J connectivity index is 1.68. The van der Waals surface area contributed by atoms with Crippen molar-refractivity contribution >= 4 is 51.2 Å². The molecule has 1 saturated heterocycles. The van der Waals surface area contributed by atoms with E-state index in [1.807, 2.05) is 47.2 Å². The molecule has 1 fully saturated rings. The van der Waals surface area contributed by atoms with Gasteiger partial charge in [0, 0.05) is 27.1 Å². The number of halogens is 2. The van der Waals surface area contributed by atoms with Crippen LogP contribution in [-0.2, 0) is 4.79 Å². The Labute approximate surface area is 169 Å². The molecule has 4 rings (SSSR count). The summed E-state index contributed by atoms with van der Waals surface area (Å²) in [5.41, 5.74) is 2.35. The first-order chi connectivity index (χ1) is 13.0. The maximum Gasteiger partial charge on any atom is 0.333 e. The Kier molecular flexibility index (Phi) is 4.59. The van der Waals surface area contributed by atoms with Crippen LogP contribution < -0.4 is 10.2 Å². The number of carbonyl (C=O) groups is 2. The van der Waals surface area contributed by atoms with E-state index in [0.29, 0.717) is 10.7 Å². The highest BCUT2D eigenvalue weighted by Gasteiger charge is 2.35. The first-order valence-electron chi connectivity index (χ1n) is 8.09. The smallest absolute Gasteiger partial charge is 0.317 e. The zero-order valence-corrected chi connectivity index (χ0v) is 16.2. The molecule has 1 N–H and O–H groups in total. The van der Waals surface area contributed by atoms with E-state index in [2.05, 4.69) is 21.2 Å². The molecule has 3 amide bonds. The van der Waals surface area contributed by atoms with Gasteiger partial charge in [0.15, 0.2) is 0 Å². The number of anilines is 1. The average Bonchev–Trinajstić information content (AvgIpc) is 3.20. The average molecular weight is 443 g/mol. The van der Waals surface area contributed by atoms with Gasteiger partial charge >= 0.3 is 6.03 Å². The fourth-order valence-corrected chi connectivity index (χ4v) is 3.33. The minimum Gasteiger partial charge on any atom is -0.317 e. The SMILES string of the molecule is O=C1N/C(=C/c2cccn2-c2ccc(Br)cc2)C(=O)N1c1cccc(Cl)c1. The number of hydrogen-bond acceptors (Lipinski definition) is 2. The number of amides is 3. The fourth-order valence-electron chi connectivity index (χ4n) is 2.88. The molecule has 0 unspecified atom stereocenters. The van der Waals surface area contributed by atoms with Crippen LogP contribution in [0.2, 0.25) is 5.02 Å². The summed E-state index contributed by atoms with van der Waals surface area (Å²) >= 11 is 9.40. The first-order valence-corrected chi connectivity index (χ1v) is 9.26. The molecule has 27 heavy (non-hydrogen) atoms. The Morgan fingerprint density at radius 1 is 0.963 bits per heavy atom. The van der Waals surface area contributed by atoms with Gasteiger partial charge in [-0.3, -0.25) is 4.79 Å². The van der Waals surface area contributed by atoms with Crippen molar-refractivity contribution in [3.8, 4) is 5.69 Å². The Bertz CT molecular complexity index is 1070. The lowest BCUT2D eigenvalue weighted by atomic mass is 10.2. The zero-order valence-electron chi connectivity index (χ0n) is 13.9. The second-order valence-corrected chi connectivity index (χ2v) is 7.24. The van der Waals surface area contributed by atoms with E-state index >= 15 is 0 Å². The van der Waals surface area contributed by atoms with Crippen molar-refractivity contribution in [2.45, 2.75) is 0 Å². The normalized spacial score (nSPS) is 15.5. The molecular formula is C20H13BrClN3O2. The molecule has 0 atom stereocenters. The first kappa shape index (κ1) is 17.6. The minimum atomic E-state index is -0.504. The third-order valence-electron chi connectivity index (χ3n) is 4.12. The summed E-state index contributed by atoms with van der Waals surface area (Å²) in [4.78, 5) is 26.2. The van der Waals surface area contributed by atoms with Gasteiger partial charge in [-0.2, -0.15) is 0 Å². The third-order valence-corrected chi connectivity index (χ3v) is 4.89. The largest absolute Gasteiger partial charge is 0.333 e. The quantitative estimate of drug-likeness (QED) is 0.459. The molecule has 3 aromatic rings. The maximum absolute atomic E-state index is 12.8. The van der Waals surface area contributed by atoms with Crippen LogP contribution in [0.1, 0.15) is 5.69 Å². The van der Waals surface area contributed by atoms with Crippen molar-refractivity contribution in [2.75, 3.05) is 4.90 Å². The summed E-state index contributed by atoms with van der Waals surface area (Å²) in [6.45, 7) is 0. The lowest BCUT2D eigenvalue weighted by Crippen LogP contribution is -2.30. The van der Waals surface area contributed by atoms with Gasteiger partial charge in [0.05, 0.1) is 5.69 Å². The summed E-state index contributed by atoms with van der Waals surface area (Å²) in [7, 11) is 0. The topological polar surface area (TPSA) is 54.3 Å². The van der Waals surface area contributed by atoms with Gasteiger partial charge < -0.3 is 9.88 Å². The van der Waals surface area contributed by atoms with Crippen molar-refractivity contribution in [3.05, 3.63) is 87.7 Å². The Hall–Kier alpha value is -2.83. The van der Waals surface area contributed by atoms with Crippen molar-refractivity contribution in [2.24, 2.45) is 0 Å². The molecule has 0 bridgehead atoms. The molecule has 134 valence electrons. The van der Waals surface area contributed by atoms with Gasteiger partial charge in [-0.1, -0.05) is 33.6 Å². The van der Waals surface area contributed by atoms with Crippen LogP contribution in [0.4, 0.5) is 10.5 Å². The number of benzene rings is 2. The molecule has 0 spiro atoms. The van der Waals surface area contributed by atoms with E-state index in [1.54, 1.807) is 30.3 Å². The maximum atomic E-state index is 12.8. The third kappa shape index (κ3) is 3.41. The number of urea groups is 1. The summed E-state index contributed by atoms with van der Waals surface area (Å²) in [6, 6.07) is 17.7. The molecular weight excluding hydrogens is 430 g/mol. The van der Waals surface area contributed by atoms with Crippen molar-refractivity contribution < 1.29 is 9.59 Å². The van der Waals surface area contributed by atoms with Gasteiger partial charge in [0.2, 0.25) is 0 Å². The Morgan fingerprint density at radius 3 is 2.48 bits per heavy atom. The van der Waals surface area contributed by atoms with Crippen molar-refractivity contribution in [1.29, 1.82) is 0 Å². The molecule has 0 aliphatic carbocycles. The van der Waals surface area contributed by atoms with Crippen LogP contribution in [0.25, 0.3) is 11.8 Å². The molecule has 7 heteroatoms. The summed E-state index contributed by atoms with van der Waals surface area (Å²) in [6.07, 6.45) is 3.55. The van der Waals surface area contributed by atoms with Gasteiger partial charge in [-0.25, -0.2) is 9.69 Å². The number of aromatic nitrogens is 1. The molecule has 2 heterocycles. The molecule has 1 aliphatic heterocycles. The van der Waals surface area contributed by atoms with Crippen LogP contribution in [-0.4, -0.2) is 16.5 Å². The Morgan fingerprint density at radius 2 is 1.74 bits per heavy atom. The molecule has 2 aromatic carbocycles. The molecule has 5 nitrogen and oxygen atoms in total. The lowest BCUT2D eigenvalue weighted by Gasteiger charge is -2.11. The van der Waals surface area contributed by atoms with Crippen molar-refractivity contribution in [3.63, 3.8) is 0 Å². The minimum absolute atomic E-state index is 0.206. The number of nitrogens with zero attached hydrogens (tertiary/aromatic N) is 2. The van der Waals surface area contributed by atoms with Gasteiger partial charge in [0.25, 0.3) is 5.91 Å². The van der Waals surface area contributed by atoms with E-state index in [1.165, 1.54) is 0 Å². The number of nitrogens with one attached hydrogen (secondary N) is 1. The zero-order chi connectivity index (χ0) is 19.0. The summed E-state index contributed by atoms with van der Waals surface area (Å²) < 4.78 is 2.91. The number of hydrogen-bond donors (Lipinski definition) is 1. The highest BCUT2D eigenvalue weighted by atomic mass is 79.9. The fraction of sp³-hybridized carbons (Fsp3) is 0. The predicted molar refractivity (Wildman–Crippen MR) is 109 cm³/mol. The van der Waals surface area contributed by atoms with E-state index in [-0.39, 0.29) is 5.70 Å². The summed E-state index contributed by atoms with van der Waals surface area (Å²) in [5, 5.41) is 3.09. The highest BCUT2D eigenvalue weighted by Crippen LogP contribution is 2.25. The molecule has 1 aliphatic rings. The molecule has 0 radical (unpaired) electrons. The molecule has 1 aromatic heterocycles. The monoisotopic (exact) mass is 441 g/mol. The van der Waals surface area contributed by atoms with Gasteiger partial charge in [-0.15, -0.1) is 0 Å². The second-order valence-electron chi connectivity index (χ2n) is 5.89. The van der Waals surface area contributed by atoms with E-state index < -0.39 is 11.9 Å². The van der Waals surface area contributed by atoms with Crippen molar-refractivity contribution in [1.82, 2.24) is 9.88 Å². The van der Waals surface area contributed by atoms with Crippen LogP contribution in [0.15, 0.2) is 77.0 Å². The summed E-state index contributed by atoms with van der Waals surface area (Å²) in [5.74, 6) is -0.425. The van der Waals surface area contributed by atoms with E-state index in [9.17, 15) is 9.59 Å². The second kappa shape index (κ2) is 7.06. The van der Waals surface area contributed by atoms with Crippen LogP contribution in [0.5, 0.6) is 0 Å². The van der Waals surface area contributed by atoms with Crippen LogP contribution >= 0.6 is 27.5 Å². The van der Waals surface area contributed by atoms with Gasteiger partial charge in [-0.05, 0) is 60.7 Å². The number of carbonyl (C=O) groups excluding carboxylic acids is 2. The van der Waals surface area contributed by atoms with Crippen LogP contribution in [0, 0.1) is 0 Å². The van der Waals surface area contributed by atoms with Crippen LogP contribution in [0.3, 0.4) is 0 Å². The van der Waals surface area contributed by atoms with Gasteiger partial charge in [0.1, 0.15) is 5.70 Å². The highest BCUT2D eigenvalue weighted by molar-refractivity contribution is 9.10. The lowest BCUT2D eigenvalue weighted by molar-refractivity contribution is -0.113. The number of rotatable bonds is 3. The number of imide groups is 1. The molecule has 0 saturated carbocycles. The van der Waals surface area contributed by atoms with E-state index in [4.69, 9.17) is 11.6 Å². The standard InChI is InChI=1S/C20H13BrClN3O2/c21-13-6-8-15(9-7-13)24-10-2-5-16(24)12-18-19(26)25(20(27)23-18)17-4-1-3-14(22)11-17/h1-12H,(H,23,27)/b18-12+. The predicted octanol–water partition coefficient (Wildman–Crippen LogP) is 4.99.